The van der Waals surface area contributed by atoms with Crippen LogP contribution in [0, 0.1) is 5.82 Å². The van der Waals surface area contributed by atoms with Gasteiger partial charge in [-0.1, -0.05) is 0 Å². The Labute approximate surface area is 148 Å². The molecule has 3 rings (SSSR count). The van der Waals surface area contributed by atoms with Gasteiger partial charge in [0.2, 0.25) is 11.8 Å². The minimum atomic E-state index is -0.461. The number of nitrogens with one attached hydrogen (secondary N) is 1. The second kappa shape index (κ2) is 7.34. The fourth-order valence-corrected chi connectivity index (χ4v) is 2.66. The molecule has 1 aliphatic heterocycles. The quantitative estimate of drug-likeness (QED) is 0.830. The van der Waals surface area contributed by atoms with Crippen LogP contribution in [0.1, 0.15) is 0 Å². The monoisotopic (exact) mass is 360 g/mol. The van der Waals surface area contributed by atoms with Gasteiger partial charge >= 0.3 is 0 Å². The highest BCUT2D eigenvalue weighted by Crippen LogP contribution is 2.28. The van der Waals surface area contributed by atoms with Gasteiger partial charge in [-0.25, -0.2) is 9.07 Å². The number of hydrogen-bond donors (Lipinski definition) is 1. The van der Waals surface area contributed by atoms with Crippen molar-refractivity contribution in [1.82, 2.24) is 20.0 Å². The summed E-state index contributed by atoms with van der Waals surface area (Å²) in [5.74, 6) is -0.813. The zero-order chi connectivity index (χ0) is 18.7. The lowest BCUT2D eigenvalue weighted by Gasteiger charge is -2.26. The van der Waals surface area contributed by atoms with Crippen molar-refractivity contribution >= 4 is 11.8 Å². The zero-order valence-electron chi connectivity index (χ0n) is 14.1. The highest BCUT2D eigenvalue weighted by molar-refractivity contribution is 5.85. The van der Waals surface area contributed by atoms with Crippen LogP contribution in [0.25, 0.3) is 11.3 Å². The van der Waals surface area contributed by atoms with Gasteiger partial charge < -0.3 is 15.0 Å². The molecule has 1 fully saturated rings. The minimum absolute atomic E-state index is 0.0426. The molecule has 0 unspecified atom stereocenters. The second-order valence-electron chi connectivity index (χ2n) is 5.72. The summed E-state index contributed by atoms with van der Waals surface area (Å²) < 4.78 is 19.5. The van der Waals surface area contributed by atoms with Gasteiger partial charge in [0.05, 0.1) is 19.3 Å². The number of piperazine rings is 1. The van der Waals surface area contributed by atoms with Crippen LogP contribution >= 0.6 is 0 Å². The number of amides is 2. The summed E-state index contributed by atoms with van der Waals surface area (Å²) in [7, 11) is 1.40. The summed E-state index contributed by atoms with van der Waals surface area (Å²) >= 11 is 0. The largest absolute Gasteiger partial charge is 0.496 e. The third kappa shape index (κ3) is 3.71. The average molecular weight is 360 g/mol. The number of methoxy groups -OCH3 is 1. The van der Waals surface area contributed by atoms with Crippen LogP contribution in [0.2, 0.25) is 0 Å². The van der Waals surface area contributed by atoms with E-state index in [1.807, 2.05) is 0 Å². The molecule has 1 aliphatic rings. The smallest absolute Gasteiger partial charge is 0.267 e. The summed E-state index contributed by atoms with van der Waals surface area (Å²) in [5, 5.41) is 6.82. The van der Waals surface area contributed by atoms with E-state index in [0.29, 0.717) is 24.3 Å². The lowest BCUT2D eigenvalue weighted by Crippen LogP contribution is -2.51. The van der Waals surface area contributed by atoms with Crippen molar-refractivity contribution in [2.75, 3.05) is 26.7 Å². The third-order valence-electron chi connectivity index (χ3n) is 3.98. The van der Waals surface area contributed by atoms with Gasteiger partial charge in [0, 0.05) is 30.8 Å². The van der Waals surface area contributed by atoms with Crippen molar-refractivity contribution in [3.8, 4) is 17.0 Å². The van der Waals surface area contributed by atoms with E-state index in [0.717, 1.165) is 4.68 Å². The predicted octanol–water partition coefficient (Wildman–Crippen LogP) is 0.0164. The Kier molecular flexibility index (Phi) is 4.97. The van der Waals surface area contributed by atoms with E-state index < -0.39 is 11.4 Å². The van der Waals surface area contributed by atoms with Gasteiger partial charge in [-0.15, -0.1) is 0 Å². The molecular weight excluding hydrogens is 343 g/mol. The van der Waals surface area contributed by atoms with Gasteiger partial charge in [-0.3, -0.25) is 14.4 Å². The molecule has 0 aliphatic carbocycles. The average Bonchev–Trinajstić information content (AvgIpc) is 2.63. The maximum atomic E-state index is 13.4. The van der Waals surface area contributed by atoms with Crippen LogP contribution in [-0.4, -0.2) is 53.2 Å². The van der Waals surface area contributed by atoms with Crippen LogP contribution in [-0.2, 0) is 16.1 Å². The Morgan fingerprint density at radius 1 is 1.31 bits per heavy atom. The summed E-state index contributed by atoms with van der Waals surface area (Å²) in [6.07, 6.45) is 0. The summed E-state index contributed by atoms with van der Waals surface area (Å²) in [6.45, 7) is 0.424. The zero-order valence-corrected chi connectivity index (χ0v) is 14.1. The molecule has 9 heteroatoms. The molecule has 2 amide bonds. The van der Waals surface area contributed by atoms with Gasteiger partial charge in [-0.2, -0.15) is 5.10 Å². The Balaban J connectivity index is 1.88. The Morgan fingerprint density at radius 3 is 2.85 bits per heavy atom. The van der Waals surface area contributed by atoms with Gasteiger partial charge in [0.15, 0.2) is 0 Å². The van der Waals surface area contributed by atoms with Crippen LogP contribution < -0.4 is 15.6 Å². The molecule has 0 radical (unpaired) electrons. The van der Waals surface area contributed by atoms with Crippen molar-refractivity contribution in [3.05, 3.63) is 46.5 Å². The van der Waals surface area contributed by atoms with E-state index >= 15 is 0 Å². The first-order valence-corrected chi connectivity index (χ1v) is 7.94. The standard InChI is InChI=1S/C17H17FN4O4/c1-26-14-8-11(18)2-3-12(14)13-4-5-16(24)22(20-13)10-17(25)21-7-6-19-15(23)9-21/h2-5,8H,6-7,9-10H2,1H3,(H,19,23). The molecule has 1 saturated heterocycles. The summed E-state index contributed by atoms with van der Waals surface area (Å²) in [5.41, 5.74) is 0.405. The number of nitrogens with zero attached hydrogens (tertiary/aromatic N) is 3. The number of hydrogen-bond acceptors (Lipinski definition) is 5. The molecule has 0 saturated carbocycles. The van der Waals surface area contributed by atoms with E-state index in [-0.39, 0.29) is 30.7 Å². The first-order chi connectivity index (χ1) is 12.5. The van der Waals surface area contributed by atoms with E-state index in [4.69, 9.17) is 4.74 Å². The molecule has 0 spiro atoms. The van der Waals surface area contributed by atoms with Crippen LogP contribution in [0.15, 0.2) is 35.1 Å². The fourth-order valence-electron chi connectivity index (χ4n) is 2.66. The Morgan fingerprint density at radius 2 is 2.12 bits per heavy atom. The number of carbonyl (C=O) groups excluding carboxylic acids is 2. The van der Waals surface area contributed by atoms with Crippen molar-refractivity contribution in [1.29, 1.82) is 0 Å². The van der Waals surface area contributed by atoms with Gasteiger partial charge in [-0.05, 0) is 18.2 Å². The van der Waals surface area contributed by atoms with E-state index in [1.165, 1.54) is 42.3 Å². The second-order valence-corrected chi connectivity index (χ2v) is 5.72. The Bertz CT molecular complexity index is 912. The first-order valence-electron chi connectivity index (χ1n) is 7.94. The molecule has 2 heterocycles. The van der Waals surface area contributed by atoms with Crippen LogP contribution in [0.5, 0.6) is 5.75 Å². The number of aromatic nitrogens is 2. The third-order valence-corrected chi connectivity index (χ3v) is 3.98. The topological polar surface area (TPSA) is 93.5 Å². The normalized spacial score (nSPS) is 14.1. The molecule has 136 valence electrons. The lowest BCUT2D eigenvalue weighted by atomic mass is 10.1. The SMILES string of the molecule is COc1cc(F)ccc1-c1ccc(=O)n(CC(=O)N2CCNC(=O)C2)n1. The van der Waals surface area contributed by atoms with Crippen LogP contribution in [0.3, 0.4) is 0 Å². The molecule has 1 aromatic heterocycles. The van der Waals surface area contributed by atoms with Crippen molar-refractivity contribution in [2.24, 2.45) is 0 Å². The molecule has 0 atom stereocenters. The van der Waals surface area contributed by atoms with Gasteiger partial charge in [0.25, 0.3) is 5.56 Å². The number of benzene rings is 1. The number of carbonyl (C=O) groups is 2. The maximum Gasteiger partial charge on any atom is 0.267 e. The highest BCUT2D eigenvalue weighted by atomic mass is 19.1. The van der Waals surface area contributed by atoms with Crippen LogP contribution in [0.4, 0.5) is 4.39 Å². The minimum Gasteiger partial charge on any atom is -0.496 e. The molecule has 2 aromatic rings. The van der Waals surface area contributed by atoms with E-state index in [1.54, 1.807) is 0 Å². The summed E-state index contributed by atoms with van der Waals surface area (Å²) in [4.78, 5) is 37.2. The first kappa shape index (κ1) is 17.6. The molecule has 1 N–H and O–H groups in total. The molecule has 8 nitrogen and oxygen atoms in total. The van der Waals surface area contributed by atoms with E-state index in [9.17, 15) is 18.8 Å². The van der Waals surface area contributed by atoms with Crippen molar-refractivity contribution in [2.45, 2.75) is 6.54 Å². The van der Waals surface area contributed by atoms with Crippen molar-refractivity contribution in [3.63, 3.8) is 0 Å². The lowest BCUT2D eigenvalue weighted by molar-refractivity contribution is -0.138. The number of ether oxygens (including phenoxy) is 1. The van der Waals surface area contributed by atoms with Crippen molar-refractivity contribution < 1.29 is 18.7 Å². The van der Waals surface area contributed by atoms with Gasteiger partial charge in [0.1, 0.15) is 18.1 Å². The maximum absolute atomic E-state index is 13.4. The molecule has 26 heavy (non-hydrogen) atoms. The van der Waals surface area contributed by atoms with E-state index in [2.05, 4.69) is 10.4 Å². The number of rotatable bonds is 4. The predicted molar refractivity (Wildman–Crippen MR) is 90.0 cm³/mol. The summed E-state index contributed by atoms with van der Waals surface area (Å²) in [6, 6.07) is 6.72. The molecule has 0 bridgehead atoms. The Hall–Kier alpha value is -3.23. The fraction of sp³-hybridized carbons (Fsp3) is 0.294. The number of halogens is 1. The molecular formula is C17H17FN4O4. The molecule has 1 aromatic carbocycles. The highest BCUT2D eigenvalue weighted by Gasteiger charge is 2.22.